The number of halogens is 1. The van der Waals surface area contributed by atoms with Crippen LogP contribution in [0.25, 0.3) is 0 Å². The molecule has 0 aromatic carbocycles. The molecular formula is C5H9ClN4. The van der Waals surface area contributed by atoms with Gasteiger partial charge in [0.25, 0.3) is 0 Å². The lowest BCUT2D eigenvalue weighted by Gasteiger charge is -2.23. The molecule has 10 heavy (non-hydrogen) atoms. The minimum absolute atomic E-state index is 0.502. The minimum atomic E-state index is -0.502. The van der Waals surface area contributed by atoms with Crippen molar-refractivity contribution in [2.45, 2.75) is 19.5 Å². The molecule has 5 heteroatoms. The van der Waals surface area contributed by atoms with Crippen LogP contribution < -0.4 is 5.84 Å². The van der Waals surface area contributed by atoms with E-state index in [4.69, 9.17) is 17.4 Å². The van der Waals surface area contributed by atoms with Crippen LogP contribution in [0.3, 0.4) is 0 Å². The molecule has 4 nitrogen and oxygen atoms in total. The normalized spacial score (nSPS) is 26.0. The monoisotopic (exact) mass is 160 g/mol. The van der Waals surface area contributed by atoms with Crippen LogP contribution in [0.15, 0.2) is 9.98 Å². The Morgan fingerprint density at radius 3 is 2.70 bits per heavy atom. The Kier molecular flexibility index (Phi) is 1.92. The molecule has 0 radical (unpaired) electrons. The van der Waals surface area contributed by atoms with Gasteiger partial charge in [-0.05, 0) is 13.8 Å². The molecule has 0 spiro atoms. The van der Waals surface area contributed by atoms with Crippen molar-refractivity contribution in [2.75, 3.05) is 0 Å². The molecule has 0 fully saturated rings. The summed E-state index contributed by atoms with van der Waals surface area (Å²) in [5.74, 6) is 6.80. The number of hydrogen-bond acceptors (Lipinski definition) is 4. The summed E-state index contributed by atoms with van der Waals surface area (Å²) in [5, 5.41) is 1.31. The average Bonchev–Trinajstić information content (AvgIpc) is 1.82. The first kappa shape index (κ1) is 7.50. The van der Waals surface area contributed by atoms with Gasteiger partial charge in [-0.25, -0.2) is 15.8 Å². The average molecular weight is 161 g/mol. The minimum Gasteiger partial charge on any atom is -0.260 e. The summed E-state index contributed by atoms with van der Waals surface area (Å²) < 4.78 is 0. The topological polar surface area (TPSA) is 54.0 Å². The Morgan fingerprint density at radius 1 is 1.60 bits per heavy atom. The largest absolute Gasteiger partial charge is 0.260 e. The Hall–Kier alpha value is -0.610. The third kappa shape index (κ3) is 1.27. The SMILES string of the molecule is CC1=NC(Cl)N(N)C(C)=N1. The van der Waals surface area contributed by atoms with E-state index in [0.717, 1.165) is 0 Å². The molecule has 0 amide bonds. The molecule has 1 unspecified atom stereocenters. The molecular weight excluding hydrogens is 152 g/mol. The van der Waals surface area contributed by atoms with Crippen LogP contribution in [0.4, 0.5) is 0 Å². The van der Waals surface area contributed by atoms with E-state index in [2.05, 4.69) is 9.98 Å². The van der Waals surface area contributed by atoms with Crippen molar-refractivity contribution in [1.82, 2.24) is 5.01 Å². The summed E-state index contributed by atoms with van der Waals surface area (Å²) in [7, 11) is 0. The van der Waals surface area contributed by atoms with Crippen LogP contribution in [0.2, 0.25) is 0 Å². The number of aliphatic imine (C=N–C) groups is 2. The van der Waals surface area contributed by atoms with Crippen molar-refractivity contribution in [1.29, 1.82) is 0 Å². The molecule has 1 aliphatic heterocycles. The second-order valence-corrected chi connectivity index (χ2v) is 2.44. The highest BCUT2D eigenvalue weighted by Crippen LogP contribution is 2.08. The summed E-state index contributed by atoms with van der Waals surface area (Å²) in [6, 6.07) is 0. The third-order valence-corrected chi connectivity index (χ3v) is 1.53. The molecule has 0 bridgehead atoms. The van der Waals surface area contributed by atoms with Gasteiger partial charge in [0.1, 0.15) is 11.7 Å². The van der Waals surface area contributed by atoms with E-state index < -0.39 is 5.62 Å². The zero-order valence-electron chi connectivity index (χ0n) is 5.87. The van der Waals surface area contributed by atoms with Gasteiger partial charge in [-0.2, -0.15) is 0 Å². The first-order valence-electron chi connectivity index (χ1n) is 2.89. The third-order valence-electron chi connectivity index (χ3n) is 1.22. The van der Waals surface area contributed by atoms with Crippen LogP contribution in [0.5, 0.6) is 0 Å². The quantitative estimate of drug-likeness (QED) is 0.319. The second-order valence-electron chi connectivity index (χ2n) is 2.05. The summed E-state index contributed by atoms with van der Waals surface area (Å²) in [6.45, 7) is 3.57. The predicted octanol–water partition coefficient (Wildman–Crippen LogP) is 0.535. The Labute approximate surface area is 64.4 Å². The van der Waals surface area contributed by atoms with Gasteiger partial charge in [-0.15, -0.1) is 0 Å². The summed E-state index contributed by atoms with van der Waals surface area (Å²) in [6.07, 6.45) is 0. The summed E-state index contributed by atoms with van der Waals surface area (Å²) in [4.78, 5) is 7.91. The zero-order chi connectivity index (χ0) is 7.72. The number of nitrogens with two attached hydrogens (primary N) is 1. The van der Waals surface area contributed by atoms with Crippen molar-refractivity contribution >= 4 is 23.3 Å². The van der Waals surface area contributed by atoms with Gasteiger partial charge in [-0.1, -0.05) is 11.6 Å². The van der Waals surface area contributed by atoms with Gasteiger partial charge in [0.2, 0.25) is 5.62 Å². The Morgan fingerprint density at radius 2 is 2.20 bits per heavy atom. The first-order chi connectivity index (χ1) is 4.61. The fourth-order valence-electron chi connectivity index (χ4n) is 0.691. The molecule has 1 aliphatic rings. The van der Waals surface area contributed by atoms with Crippen molar-refractivity contribution in [3.63, 3.8) is 0 Å². The fourth-order valence-corrected chi connectivity index (χ4v) is 0.974. The molecule has 0 saturated heterocycles. The van der Waals surface area contributed by atoms with Gasteiger partial charge in [0.05, 0.1) is 0 Å². The maximum Gasteiger partial charge on any atom is 0.213 e. The summed E-state index contributed by atoms with van der Waals surface area (Å²) in [5.41, 5.74) is -0.502. The highest BCUT2D eigenvalue weighted by molar-refractivity contribution is 6.22. The van der Waals surface area contributed by atoms with E-state index in [1.165, 1.54) is 5.01 Å². The van der Waals surface area contributed by atoms with E-state index in [9.17, 15) is 0 Å². The lowest BCUT2D eigenvalue weighted by atomic mass is 10.5. The molecule has 0 aromatic heterocycles. The first-order valence-corrected chi connectivity index (χ1v) is 3.32. The number of alkyl halides is 1. The number of hydrogen-bond donors (Lipinski definition) is 1. The van der Waals surface area contributed by atoms with Crippen LogP contribution in [0, 0.1) is 0 Å². The standard InChI is InChI=1S/C5H9ClN4/c1-3-8-4(2)10(7)5(6)9-3/h5H,7H2,1-2H3. The van der Waals surface area contributed by atoms with Crippen molar-refractivity contribution < 1.29 is 0 Å². The van der Waals surface area contributed by atoms with Crippen LogP contribution in [-0.2, 0) is 0 Å². The van der Waals surface area contributed by atoms with E-state index in [1.54, 1.807) is 13.8 Å². The van der Waals surface area contributed by atoms with E-state index >= 15 is 0 Å². The van der Waals surface area contributed by atoms with E-state index in [0.29, 0.717) is 11.7 Å². The number of amidine groups is 2. The van der Waals surface area contributed by atoms with Crippen molar-refractivity contribution in [3.05, 3.63) is 0 Å². The molecule has 0 aromatic rings. The van der Waals surface area contributed by atoms with Gasteiger partial charge in [0, 0.05) is 0 Å². The molecule has 1 rings (SSSR count). The molecule has 0 aliphatic carbocycles. The van der Waals surface area contributed by atoms with Gasteiger partial charge in [0.15, 0.2) is 0 Å². The highest BCUT2D eigenvalue weighted by atomic mass is 35.5. The van der Waals surface area contributed by atoms with Gasteiger partial charge in [-0.3, -0.25) is 5.01 Å². The van der Waals surface area contributed by atoms with E-state index in [1.807, 2.05) is 0 Å². The second kappa shape index (κ2) is 2.56. The smallest absolute Gasteiger partial charge is 0.213 e. The number of nitrogens with zero attached hydrogens (tertiary/aromatic N) is 3. The van der Waals surface area contributed by atoms with Gasteiger partial charge < -0.3 is 0 Å². The lowest BCUT2D eigenvalue weighted by Crippen LogP contribution is -2.43. The highest BCUT2D eigenvalue weighted by Gasteiger charge is 2.16. The van der Waals surface area contributed by atoms with Crippen molar-refractivity contribution in [3.8, 4) is 0 Å². The molecule has 2 N–H and O–H groups in total. The number of hydrazine groups is 1. The zero-order valence-corrected chi connectivity index (χ0v) is 6.63. The molecule has 1 heterocycles. The van der Waals surface area contributed by atoms with Crippen LogP contribution >= 0.6 is 11.6 Å². The predicted molar refractivity (Wildman–Crippen MR) is 41.9 cm³/mol. The Bertz CT molecular complexity index is 198. The van der Waals surface area contributed by atoms with Crippen LogP contribution in [-0.4, -0.2) is 22.3 Å². The molecule has 56 valence electrons. The fraction of sp³-hybridized carbons (Fsp3) is 0.600. The molecule has 0 saturated carbocycles. The van der Waals surface area contributed by atoms with Gasteiger partial charge >= 0.3 is 0 Å². The van der Waals surface area contributed by atoms with Crippen molar-refractivity contribution in [2.24, 2.45) is 15.8 Å². The molecule has 1 atom stereocenters. The number of rotatable bonds is 0. The maximum absolute atomic E-state index is 5.69. The Balaban J connectivity index is 2.85. The summed E-state index contributed by atoms with van der Waals surface area (Å²) >= 11 is 5.69. The lowest BCUT2D eigenvalue weighted by molar-refractivity contribution is 0.408. The van der Waals surface area contributed by atoms with E-state index in [-0.39, 0.29) is 0 Å². The maximum atomic E-state index is 5.69. The van der Waals surface area contributed by atoms with Crippen LogP contribution in [0.1, 0.15) is 13.8 Å².